The van der Waals surface area contributed by atoms with E-state index >= 15 is 0 Å². The summed E-state index contributed by atoms with van der Waals surface area (Å²) in [5.41, 5.74) is 3.47. The summed E-state index contributed by atoms with van der Waals surface area (Å²) in [5, 5.41) is 9.89. The largest absolute Gasteiger partial charge is 0.478 e. The zero-order valence-electron chi connectivity index (χ0n) is 9.24. The van der Waals surface area contributed by atoms with Crippen LogP contribution in [0.1, 0.15) is 18.1 Å². The first-order valence-electron chi connectivity index (χ1n) is 5.08. The lowest BCUT2D eigenvalue weighted by atomic mass is 10.1. The number of nitrogens with one attached hydrogen (secondary N) is 1. The molecule has 3 nitrogen and oxygen atoms in total. The van der Waals surface area contributed by atoms with Gasteiger partial charge in [-0.25, -0.2) is 4.79 Å². The molecule has 0 saturated carbocycles. The van der Waals surface area contributed by atoms with Crippen molar-refractivity contribution in [2.24, 2.45) is 0 Å². The summed E-state index contributed by atoms with van der Waals surface area (Å²) in [6, 6.07) is 5.98. The third kappa shape index (κ3) is 1.72. The van der Waals surface area contributed by atoms with Crippen molar-refractivity contribution in [3.05, 3.63) is 41.1 Å². The Kier molecular flexibility index (Phi) is 2.52. The van der Waals surface area contributed by atoms with Gasteiger partial charge in [-0.15, -0.1) is 0 Å². The molecule has 0 aliphatic rings. The predicted molar refractivity (Wildman–Crippen MR) is 64.3 cm³/mol. The zero-order chi connectivity index (χ0) is 11.7. The minimum atomic E-state index is -0.887. The van der Waals surface area contributed by atoms with Gasteiger partial charge in [0.05, 0.1) is 0 Å². The number of fused-ring (bicyclic) bond motifs is 1. The Balaban J connectivity index is 2.59. The maximum Gasteiger partial charge on any atom is 0.331 e. The van der Waals surface area contributed by atoms with E-state index in [1.807, 2.05) is 31.3 Å². The average Bonchev–Trinajstić information content (AvgIpc) is 2.63. The van der Waals surface area contributed by atoms with Crippen molar-refractivity contribution < 1.29 is 9.90 Å². The number of aromatic amines is 1. The van der Waals surface area contributed by atoms with Crippen molar-refractivity contribution in [3.63, 3.8) is 0 Å². The molecule has 0 unspecified atom stereocenters. The molecule has 16 heavy (non-hydrogen) atoms. The van der Waals surface area contributed by atoms with Gasteiger partial charge in [0.1, 0.15) is 0 Å². The van der Waals surface area contributed by atoms with Crippen LogP contribution in [-0.2, 0) is 4.79 Å². The van der Waals surface area contributed by atoms with Crippen LogP contribution in [0.4, 0.5) is 0 Å². The van der Waals surface area contributed by atoms with Crippen molar-refractivity contribution in [1.29, 1.82) is 0 Å². The van der Waals surface area contributed by atoms with Crippen molar-refractivity contribution in [3.8, 4) is 0 Å². The third-order valence-corrected chi connectivity index (χ3v) is 2.67. The molecule has 0 bridgehead atoms. The van der Waals surface area contributed by atoms with Crippen molar-refractivity contribution in [2.45, 2.75) is 13.8 Å². The smallest absolute Gasteiger partial charge is 0.331 e. The van der Waals surface area contributed by atoms with Crippen LogP contribution in [0.3, 0.4) is 0 Å². The van der Waals surface area contributed by atoms with Gasteiger partial charge in [0, 0.05) is 28.2 Å². The Labute approximate surface area is 93.4 Å². The minimum Gasteiger partial charge on any atom is -0.478 e. The minimum absolute atomic E-state index is 0.336. The van der Waals surface area contributed by atoms with Gasteiger partial charge in [-0.3, -0.25) is 0 Å². The number of aliphatic carboxylic acids is 1. The number of rotatable bonds is 2. The summed E-state index contributed by atoms with van der Waals surface area (Å²) in [6.45, 7) is 3.62. The lowest BCUT2D eigenvalue weighted by Crippen LogP contribution is -1.94. The van der Waals surface area contributed by atoms with Gasteiger partial charge >= 0.3 is 5.97 Å². The summed E-state index contributed by atoms with van der Waals surface area (Å²) in [6.07, 6.45) is 3.52. The van der Waals surface area contributed by atoms with Crippen LogP contribution < -0.4 is 0 Å². The van der Waals surface area contributed by atoms with E-state index in [4.69, 9.17) is 5.11 Å². The van der Waals surface area contributed by atoms with Crippen LogP contribution in [0.25, 0.3) is 17.0 Å². The van der Waals surface area contributed by atoms with E-state index in [2.05, 4.69) is 4.98 Å². The number of hydrogen-bond acceptors (Lipinski definition) is 1. The van der Waals surface area contributed by atoms with Crippen molar-refractivity contribution >= 4 is 22.9 Å². The molecule has 2 rings (SSSR count). The molecule has 0 aliphatic carbocycles. The first-order valence-corrected chi connectivity index (χ1v) is 5.08. The molecule has 2 aromatic rings. The van der Waals surface area contributed by atoms with E-state index < -0.39 is 5.97 Å². The highest BCUT2D eigenvalue weighted by molar-refractivity contribution is 5.97. The van der Waals surface area contributed by atoms with Crippen LogP contribution in [0.2, 0.25) is 0 Å². The fourth-order valence-corrected chi connectivity index (χ4v) is 1.74. The van der Waals surface area contributed by atoms with Crippen LogP contribution in [0.15, 0.2) is 30.0 Å². The number of aryl methyl sites for hydroxylation is 1. The third-order valence-electron chi connectivity index (χ3n) is 2.67. The summed E-state index contributed by atoms with van der Waals surface area (Å²) >= 11 is 0. The summed E-state index contributed by atoms with van der Waals surface area (Å²) in [7, 11) is 0. The van der Waals surface area contributed by atoms with Crippen LogP contribution in [-0.4, -0.2) is 16.1 Å². The van der Waals surface area contributed by atoms with E-state index in [9.17, 15) is 4.79 Å². The predicted octanol–water partition coefficient (Wildman–Crippen LogP) is 2.96. The van der Waals surface area contributed by atoms with E-state index in [1.54, 1.807) is 13.0 Å². The Bertz CT molecular complexity index is 579. The van der Waals surface area contributed by atoms with E-state index in [-0.39, 0.29) is 0 Å². The molecular formula is C13H13NO2. The van der Waals surface area contributed by atoms with Gasteiger partial charge in [-0.1, -0.05) is 18.2 Å². The second kappa shape index (κ2) is 3.85. The number of carboxylic acid groups (broad SMARTS) is 1. The van der Waals surface area contributed by atoms with Crippen LogP contribution >= 0.6 is 0 Å². The second-order valence-corrected chi connectivity index (χ2v) is 3.87. The molecule has 2 N–H and O–H groups in total. The SMILES string of the molecule is C/C(=C\c1c[nH]c2c(C)cccc12)C(=O)O. The van der Waals surface area contributed by atoms with Gasteiger partial charge < -0.3 is 10.1 Å². The average molecular weight is 215 g/mol. The lowest BCUT2D eigenvalue weighted by Gasteiger charge is -1.96. The summed E-state index contributed by atoms with van der Waals surface area (Å²) in [5.74, 6) is -0.887. The lowest BCUT2D eigenvalue weighted by molar-refractivity contribution is -0.132. The summed E-state index contributed by atoms with van der Waals surface area (Å²) < 4.78 is 0. The van der Waals surface area contributed by atoms with Gasteiger partial charge in [0.25, 0.3) is 0 Å². The molecule has 0 atom stereocenters. The van der Waals surface area contributed by atoms with Crippen LogP contribution in [0, 0.1) is 6.92 Å². The number of carboxylic acids is 1. The monoisotopic (exact) mass is 215 g/mol. The number of H-pyrrole nitrogens is 1. The molecule has 1 aromatic heterocycles. The molecule has 0 aliphatic heterocycles. The molecule has 0 amide bonds. The highest BCUT2D eigenvalue weighted by Gasteiger charge is 2.05. The normalized spacial score (nSPS) is 12.0. The Morgan fingerprint density at radius 1 is 1.44 bits per heavy atom. The van der Waals surface area contributed by atoms with E-state index in [0.717, 1.165) is 22.0 Å². The quantitative estimate of drug-likeness (QED) is 0.757. The molecule has 3 heteroatoms. The van der Waals surface area contributed by atoms with Gasteiger partial charge in [-0.2, -0.15) is 0 Å². The van der Waals surface area contributed by atoms with E-state index in [0.29, 0.717) is 5.57 Å². The molecule has 0 fully saturated rings. The molecule has 1 aromatic carbocycles. The second-order valence-electron chi connectivity index (χ2n) is 3.87. The molecule has 0 radical (unpaired) electrons. The van der Waals surface area contributed by atoms with Gasteiger partial charge in [0.15, 0.2) is 0 Å². The Morgan fingerprint density at radius 2 is 2.19 bits per heavy atom. The highest BCUT2D eigenvalue weighted by atomic mass is 16.4. The van der Waals surface area contributed by atoms with E-state index in [1.165, 1.54) is 0 Å². The molecule has 0 saturated heterocycles. The number of aromatic nitrogens is 1. The number of para-hydroxylation sites is 1. The zero-order valence-corrected chi connectivity index (χ0v) is 9.24. The van der Waals surface area contributed by atoms with Crippen molar-refractivity contribution in [1.82, 2.24) is 4.98 Å². The van der Waals surface area contributed by atoms with Crippen LogP contribution in [0.5, 0.6) is 0 Å². The molecular weight excluding hydrogens is 202 g/mol. The molecule has 1 heterocycles. The fourth-order valence-electron chi connectivity index (χ4n) is 1.74. The van der Waals surface area contributed by atoms with Crippen molar-refractivity contribution in [2.75, 3.05) is 0 Å². The fraction of sp³-hybridized carbons (Fsp3) is 0.154. The maximum absolute atomic E-state index is 10.8. The Morgan fingerprint density at radius 3 is 2.88 bits per heavy atom. The molecule has 0 spiro atoms. The topological polar surface area (TPSA) is 53.1 Å². The number of carbonyl (C=O) groups is 1. The summed E-state index contributed by atoms with van der Waals surface area (Å²) in [4.78, 5) is 13.9. The first-order chi connectivity index (χ1) is 7.59. The molecule has 82 valence electrons. The first kappa shape index (κ1) is 10.5. The number of hydrogen-bond donors (Lipinski definition) is 2. The highest BCUT2D eigenvalue weighted by Crippen LogP contribution is 2.23. The van der Waals surface area contributed by atoms with Gasteiger partial charge in [-0.05, 0) is 25.5 Å². The standard InChI is InChI=1S/C13H13NO2/c1-8-4-3-5-11-10(7-14-12(8)11)6-9(2)13(15)16/h3-7,14H,1-2H3,(H,15,16)/b9-6+. The number of benzene rings is 1. The maximum atomic E-state index is 10.8. The van der Waals surface area contributed by atoms with Gasteiger partial charge in [0.2, 0.25) is 0 Å². The Hall–Kier alpha value is -2.03.